The largest absolute Gasteiger partial charge is 0.363 e. The molecule has 6 heteroatoms. The van der Waals surface area contributed by atoms with Crippen molar-refractivity contribution >= 4 is 28.2 Å². The van der Waals surface area contributed by atoms with E-state index in [1.54, 1.807) is 6.20 Å². The van der Waals surface area contributed by atoms with Crippen molar-refractivity contribution in [1.29, 1.82) is 5.26 Å². The summed E-state index contributed by atoms with van der Waals surface area (Å²) in [6.07, 6.45) is 5.47. The summed E-state index contributed by atoms with van der Waals surface area (Å²) >= 11 is 6.25. The second kappa shape index (κ2) is 7.81. The van der Waals surface area contributed by atoms with E-state index in [1.165, 1.54) is 11.3 Å². The molecule has 0 atom stereocenters. The van der Waals surface area contributed by atoms with E-state index in [2.05, 4.69) is 44.8 Å². The highest BCUT2D eigenvalue weighted by molar-refractivity contribution is 6.31. The lowest BCUT2D eigenvalue weighted by molar-refractivity contribution is 0.625. The van der Waals surface area contributed by atoms with E-state index in [-0.39, 0.29) is 0 Å². The van der Waals surface area contributed by atoms with Gasteiger partial charge in [-0.1, -0.05) is 41.9 Å². The SMILES string of the molecule is N#Cc1cnc2ccc(Cl)cc2c1N1CCc2c(ncn2CCc2ccccc2)C1. The van der Waals surface area contributed by atoms with E-state index in [9.17, 15) is 5.26 Å². The van der Waals surface area contributed by atoms with Gasteiger partial charge in [0.15, 0.2) is 0 Å². The van der Waals surface area contributed by atoms with Crippen molar-refractivity contribution < 1.29 is 0 Å². The van der Waals surface area contributed by atoms with Crippen molar-refractivity contribution in [3.05, 3.63) is 88.6 Å². The molecule has 30 heavy (non-hydrogen) atoms. The summed E-state index contributed by atoms with van der Waals surface area (Å²) in [4.78, 5) is 11.3. The highest BCUT2D eigenvalue weighted by Gasteiger charge is 2.24. The minimum atomic E-state index is 0.566. The topological polar surface area (TPSA) is 57.7 Å². The van der Waals surface area contributed by atoms with E-state index in [4.69, 9.17) is 16.6 Å². The minimum absolute atomic E-state index is 0.566. The van der Waals surface area contributed by atoms with Crippen LogP contribution < -0.4 is 4.90 Å². The Bertz CT molecular complexity index is 1260. The van der Waals surface area contributed by atoms with Gasteiger partial charge in [-0.25, -0.2) is 4.98 Å². The van der Waals surface area contributed by atoms with Crippen molar-refractivity contribution in [2.45, 2.75) is 25.9 Å². The molecule has 0 bridgehead atoms. The molecule has 5 nitrogen and oxygen atoms in total. The third-order valence-electron chi connectivity index (χ3n) is 5.71. The van der Waals surface area contributed by atoms with Gasteiger partial charge in [-0.2, -0.15) is 5.26 Å². The molecule has 5 rings (SSSR count). The Labute approximate surface area is 180 Å². The Morgan fingerprint density at radius 2 is 1.97 bits per heavy atom. The Balaban J connectivity index is 1.44. The van der Waals surface area contributed by atoms with Gasteiger partial charge in [0.05, 0.1) is 35.3 Å². The second-order valence-electron chi connectivity index (χ2n) is 7.53. The fourth-order valence-electron chi connectivity index (χ4n) is 4.22. The van der Waals surface area contributed by atoms with Gasteiger partial charge >= 0.3 is 0 Å². The molecule has 0 fully saturated rings. The standard InChI is InChI=1S/C24H20ClN5/c25-19-6-7-21-20(12-19)24(18(13-26)14-27-21)29-11-9-23-22(15-29)28-16-30(23)10-8-17-4-2-1-3-5-17/h1-7,12,14,16H,8-11,15H2. The van der Waals surface area contributed by atoms with Crippen LogP contribution in [0.2, 0.25) is 5.02 Å². The first-order valence-corrected chi connectivity index (χ1v) is 10.4. The van der Waals surface area contributed by atoms with Crippen LogP contribution in [0.3, 0.4) is 0 Å². The Morgan fingerprint density at radius 3 is 2.80 bits per heavy atom. The number of halogens is 1. The number of nitriles is 1. The van der Waals surface area contributed by atoms with Gasteiger partial charge in [-0.15, -0.1) is 0 Å². The van der Waals surface area contributed by atoms with Gasteiger partial charge in [-0.3, -0.25) is 4.98 Å². The Hall–Kier alpha value is -3.36. The summed E-state index contributed by atoms with van der Waals surface area (Å²) in [7, 11) is 0. The zero-order valence-corrected chi connectivity index (χ0v) is 17.2. The second-order valence-corrected chi connectivity index (χ2v) is 7.97. The molecule has 148 valence electrons. The fourth-order valence-corrected chi connectivity index (χ4v) is 4.39. The molecule has 0 amide bonds. The lowest BCUT2D eigenvalue weighted by Gasteiger charge is -2.30. The summed E-state index contributed by atoms with van der Waals surface area (Å²) in [6, 6.07) is 18.4. The number of benzene rings is 2. The molecule has 0 saturated carbocycles. The van der Waals surface area contributed by atoms with Gasteiger partial charge in [-0.05, 0) is 30.2 Å². The summed E-state index contributed by atoms with van der Waals surface area (Å²) in [6.45, 7) is 2.42. The van der Waals surface area contributed by atoms with Crippen molar-refractivity contribution in [2.24, 2.45) is 0 Å². The van der Waals surface area contributed by atoms with Crippen LogP contribution >= 0.6 is 11.6 Å². The van der Waals surface area contributed by atoms with E-state index in [1.807, 2.05) is 30.6 Å². The quantitative estimate of drug-likeness (QED) is 0.484. The molecule has 3 heterocycles. The molecule has 0 unspecified atom stereocenters. The number of aromatic nitrogens is 3. The average molecular weight is 414 g/mol. The summed E-state index contributed by atoms with van der Waals surface area (Å²) in [5, 5.41) is 11.2. The number of hydrogen-bond acceptors (Lipinski definition) is 4. The lowest BCUT2D eigenvalue weighted by atomic mass is 10.0. The first-order chi connectivity index (χ1) is 14.7. The maximum absolute atomic E-state index is 9.69. The van der Waals surface area contributed by atoms with E-state index >= 15 is 0 Å². The van der Waals surface area contributed by atoms with Crippen LogP contribution in [-0.2, 0) is 25.9 Å². The number of rotatable bonds is 4. The first kappa shape index (κ1) is 18.7. The van der Waals surface area contributed by atoms with Crippen LogP contribution in [0.25, 0.3) is 10.9 Å². The van der Waals surface area contributed by atoms with Crippen LogP contribution in [0.15, 0.2) is 61.1 Å². The Kier molecular flexibility index (Phi) is 4.86. The zero-order valence-electron chi connectivity index (χ0n) is 16.4. The highest BCUT2D eigenvalue weighted by Crippen LogP contribution is 2.34. The van der Waals surface area contributed by atoms with Crippen molar-refractivity contribution in [1.82, 2.24) is 14.5 Å². The number of pyridine rings is 1. The van der Waals surface area contributed by atoms with Gasteiger partial charge in [0.25, 0.3) is 0 Å². The number of nitrogens with zero attached hydrogens (tertiary/aromatic N) is 5. The molecular weight excluding hydrogens is 394 g/mol. The molecule has 4 aromatic rings. The van der Waals surface area contributed by atoms with E-state index in [0.29, 0.717) is 17.1 Å². The fraction of sp³-hybridized carbons (Fsp3) is 0.208. The molecule has 2 aromatic heterocycles. The maximum atomic E-state index is 9.69. The summed E-state index contributed by atoms with van der Waals surface area (Å²) in [5.74, 6) is 0. The van der Waals surface area contributed by atoms with Crippen LogP contribution in [-0.4, -0.2) is 21.1 Å². The third-order valence-corrected chi connectivity index (χ3v) is 5.95. The normalized spacial score (nSPS) is 13.3. The van der Waals surface area contributed by atoms with Gasteiger partial charge in [0.1, 0.15) is 6.07 Å². The smallest absolute Gasteiger partial charge is 0.103 e. The lowest BCUT2D eigenvalue weighted by Crippen LogP contribution is -2.32. The molecule has 1 aliphatic heterocycles. The molecule has 0 aliphatic carbocycles. The minimum Gasteiger partial charge on any atom is -0.363 e. The van der Waals surface area contributed by atoms with E-state index in [0.717, 1.165) is 48.2 Å². The summed E-state index contributed by atoms with van der Waals surface area (Å²) in [5.41, 5.74) is 6.00. The monoisotopic (exact) mass is 413 g/mol. The maximum Gasteiger partial charge on any atom is 0.103 e. The zero-order chi connectivity index (χ0) is 20.5. The molecule has 0 N–H and O–H groups in total. The number of hydrogen-bond donors (Lipinski definition) is 0. The van der Waals surface area contributed by atoms with Crippen LogP contribution in [0.5, 0.6) is 0 Å². The molecule has 0 saturated heterocycles. The number of anilines is 1. The number of aryl methyl sites for hydroxylation is 2. The third kappa shape index (κ3) is 3.40. The van der Waals surface area contributed by atoms with Gasteiger partial charge in [0, 0.05) is 41.8 Å². The van der Waals surface area contributed by atoms with Crippen LogP contribution in [0.4, 0.5) is 5.69 Å². The van der Waals surface area contributed by atoms with E-state index < -0.39 is 0 Å². The van der Waals surface area contributed by atoms with Crippen molar-refractivity contribution in [2.75, 3.05) is 11.4 Å². The van der Waals surface area contributed by atoms with Crippen LogP contribution in [0, 0.1) is 11.3 Å². The predicted molar refractivity (Wildman–Crippen MR) is 119 cm³/mol. The molecule has 1 aliphatic rings. The van der Waals surface area contributed by atoms with Gasteiger partial charge in [0.2, 0.25) is 0 Å². The number of fused-ring (bicyclic) bond motifs is 2. The molecule has 0 radical (unpaired) electrons. The number of imidazole rings is 1. The first-order valence-electron chi connectivity index (χ1n) is 10.0. The summed E-state index contributed by atoms with van der Waals surface area (Å²) < 4.78 is 2.27. The Morgan fingerprint density at radius 1 is 1.10 bits per heavy atom. The van der Waals surface area contributed by atoms with Gasteiger partial charge < -0.3 is 9.47 Å². The average Bonchev–Trinajstić information content (AvgIpc) is 3.19. The van der Waals surface area contributed by atoms with Crippen LogP contribution in [0.1, 0.15) is 22.5 Å². The van der Waals surface area contributed by atoms with Crippen molar-refractivity contribution in [3.8, 4) is 6.07 Å². The predicted octanol–water partition coefficient (Wildman–Crippen LogP) is 4.76. The highest BCUT2D eigenvalue weighted by atomic mass is 35.5. The molecule has 0 spiro atoms. The molecular formula is C24H20ClN5. The van der Waals surface area contributed by atoms with Crippen molar-refractivity contribution in [3.63, 3.8) is 0 Å². The molecule has 2 aromatic carbocycles.